The van der Waals surface area contributed by atoms with Crippen molar-refractivity contribution in [1.82, 2.24) is 5.32 Å². The molecular formula is C16H23F2N. The van der Waals surface area contributed by atoms with Crippen molar-refractivity contribution in [3.8, 4) is 0 Å². The van der Waals surface area contributed by atoms with Gasteiger partial charge in [0.25, 0.3) is 0 Å². The summed E-state index contributed by atoms with van der Waals surface area (Å²) >= 11 is 0. The van der Waals surface area contributed by atoms with Crippen molar-refractivity contribution < 1.29 is 8.78 Å². The minimum absolute atomic E-state index is 0.491. The highest BCUT2D eigenvalue weighted by Gasteiger charge is 2.22. The molecule has 1 unspecified atom stereocenters. The number of benzene rings is 1. The first-order valence-electron chi connectivity index (χ1n) is 7.22. The van der Waals surface area contributed by atoms with Crippen molar-refractivity contribution >= 4 is 0 Å². The zero-order valence-corrected chi connectivity index (χ0v) is 11.8. The van der Waals surface area contributed by atoms with Crippen LogP contribution in [0.5, 0.6) is 0 Å². The molecule has 2 rings (SSSR count). The van der Waals surface area contributed by atoms with Crippen LogP contribution in [0.15, 0.2) is 18.2 Å². The van der Waals surface area contributed by atoms with Crippen molar-refractivity contribution in [3.05, 3.63) is 35.4 Å². The first kappa shape index (κ1) is 14.4. The maximum atomic E-state index is 13.2. The Morgan fingerprint density at radius 3 is 2.53 bits per heavy atom. The summed E-state index contributed by atoms with van der Waals surface area (Å²) in [5, 5.41) is 3.54. The zero-order chi connectivity index (χ0) is 13.8. The van der Waals surface area contributed by atoms with Crippen LogP contribution in [0.4, 0.5) is 8.78 Å². The Labute approximate surface area is 114 Å². The van der Waals surface area contributed by atoms with Crippen LogP contribution in [-0.2, 0) is 6.42 Å². The number of nitrogens with one attached hydrogen (secondary N) is 1. The summed E-state index contributed by atoms with van der Waals surface area (Å²) in [4.78, 5) is 0. The normalized spacial score (nSPS) is 16.9. The fraction of sp³-hybridized carbons (Fsp3) is 0.625. The third-order valence-corrected chi connectivity index (χ3v) is 3.59. The van der Waals surface area contributed by atoms with Crippen LogP contribution >= 0.6 is 0 Å². The molecule has 1 atom stereocenters. The molecule has 1 fully saturated rings. The summed E-state index contributed by atoms with van der Waals surface area (Å²) in [6.45, 7) is 5.38. The standard InChI is InChI=1S/C16H23F2N/c1-11(2)7-13(10-19-14-4-5-14)8-12-3-6-15(17)16(18)9-12/h3,6,9,11,13-14,19H,4-5,7-8,10H2,1-2H3. The van der Waals surface area contributed by atoms with Gasteiger partial charge in [-0.05, 0) is 61.8 Å². The van der Waals surface area contributed by atoms with Gasteiger partial charge in [0.1, 0.15) is 0 Å². The molecule has 0 saturated heterocycles. The van der Waals surface area contributed by atoms with Gasteiger partial charge >= 0.3 is 0 Å². The molecule has 1 saturated carbocycles. The number of halogens is 2. The van der Waals surface area contributed by atoms with Crippen molar-refractivity contribution in [2.75, 3.05) is 6.54 Å². The molecule has 0 amide bonds. The molecule has 1 aliphatic rings. The summed E-state index contributed by atoms with van der Waals surface area (Å²) in [6, 6.07) is 4.95. The molecular weight excluding hydrogens is 244 g/mol. The van der Waals surface area contributed by atoms with E-state index in [1.807, 2.05) is 0 Å². The minimum Gasteiger partial charge on any atom is -0.314 e. The molecule has 0 spiro atoms. The molecule has 0 aliphatic heterocycles. The van der Waals surface area contributed by atoms with Gasteiger partial charge in [-0.1, -0.05) is 19.9 Å². The number of hydrogen-bond donors (Lipinski definition) is 1. The predicted octanol–water partition coefficient (Wildman–Crippen LogP) is 3.92. The lowest BCUT2D eigenvalue weighted by Gasteiger charge is -2.20. The van der Waals surface area contributed by atoms with Gasteiger partial charge in [0.15, 0.2) is 11.6 Å². The summed E-state index contributed by atoms with van der Waals surface area (Å²) in [5.41, 5.74) is 0.891. The van der Waals surface area contributed by atoms with E-state index in [2.05, 4.69) is 19.2 Å². The molecule has 0 heterocycles. The van der Waals surface area contributed by atoms with Crippen LogP contribution in [0, 0.1) is 23.5 Å². The van der Waals surface area contributed by atoms with E-state index in [0.29, 0.717) is 17.9 Å². The Balaban J connectivity index is 1.94. The molecule has 0 bridgehead atoms. The smallest absolute Gasteiger partial charge is 0.159 e. The molecule has 1 N–H and O–H groups in total. The van der Waals surface area contributed by atoms with Crippen LogP contribution < -0.4 is 5.32 Å². The third kappa shape index (κ3) is 4.90. The minimum atomic E-state index is -0.764. The number of hydrogen-bond acceptors (Lipinski definition) is 1. The molecule has 106 valence electrons. The predicted molar refractivity (Wildman–Crippen MR) is 74.0 cm³/mol. The van der Waals surface area contributed by atoms with Crippen LogP contribution in [0.1, 0.15) is 38.7 Å². The van der Waals surface area contributed by atoms with E-state index in [-0.39, 0.29) is 0 Å². The van der Waals surface area contributed by atoms with E-state index in [1.165, 1.54) is 25.0 Å². The second-order valence-corrected chi connectivity index (χ2v) is 6.13. The molecule has 1 aromatic carbocycles. The fourth-order valence-corrected chi connectivity index (χ4v) is 2.53. The lowest BCUT2D eigenvalue weighted by Crippen LogP contribution is -2.27. The summed E-state index contributed by atoms with van der Waals surface area (Å²) < 4.78 is 26.1. The van der Waals surface area contributed by atoms with Gasteiger partial charge in [-0.15, -0.1) is 0 Å². The monoisotopic (exact) mass is 267 g/mol. The average Bonchev–Trinajstić information content (AvgIpc) is 3.14. The second-order valence-electron chi connectivity index (χ2n) is 6.13. The first-order chi connectivity index (χ1) is 9.04. The second kappa shape index (κ2) is 6.47. The van der Waals surface area contributed by atoms with E-state index in [4.69, 9.17) is 0 Å². The number of rotatable bonds is 7. The Morgan fingerprint density at radius 1 is 1.21 bits per heavy atom. The maximum absolute atomic E-state index is 13.2. The van der Waals surface area contributed by atoms with Crippen LogP contribution in [-0.4, -0.2) is 12.6 Å². The Hall–Kier alpha value is -0.960. The van der Waals surface area contributed by atoms with Crippen molar-refractivity contribution in [2.24, 2.45) is 11.8 Å². The van der Waals surface area contributed by atoms with Gasteiger partial charge < -0.3 is 5.32 Å². The molecule has 0 radical (unpaired) electrons. The van der Waals surface area contributed by atoms with Gasteiger partial charge in [0.05, 0.1) is 0 Å². The highest BCUT2D eigenvalue weighted by atomic mass is 19.2. The molecule has 19 heavy (non-hydrogen) atoms. The van der Waals surface area contributed by atoms with E-state index < -0.39 is 11.6 Å². The van der Waals surface area contributed by atoms with E-state index in [9.17, 15) is 8.78 Å². The molecule has 1 aromatic rings. The van der Waals surface area contributed by atoms with Crippen LogP contribution in [0.25, 0.3) is 0 Å². The van der Waals surface area contributed by atoms with Crippen LogP contribution in [0.3, 0.4) is 0 Å². The van der Waals surface area contributed by atoms with Crippen molar-refractivity contribution in [1.29, 1.82) is 0 Å². The molecule has 3 heteroatoms. The van der Waals surface area contributed by atoms with Crippen molar-refractivity contribution in [2.45, 2.75) is 45.6 Å². The summed E-state index contributed by atoms with van der Waals surface area (Å²) in [6.07, 6.45) is 4.48. The topological polar surface area (TPSA) is 12.0 Å². The Kier molecular flexibility index (Phi) is 4.92. The average molecular weight is 267 g/mol. The van der Waals surface area contributed by atoms with Gasteiger partial charge in [-0.25, -0.2) is 8.78 Å². The largest absolute Gasteiger partial charge is 0.314 e. The highest BCUT2D eigenvalue weighted by Crippen LogP contribution is 2.22. The summed E-state index contributed by atoms with van der Waals surface area (Å²) in [7, 11) is 0. The first-order valence-corrected chi connectivity index (χ1v) is 7.22. The van der Waals surface area contributed by atoms with Gasteiger partial charge in [0, 0.05) is 6.04 Å². The van der Waals surface area contributed by atoms with E-state index in [0.717, 1.165) is 24.9 Å². The van der Waals surface area contributed by atoms with Gasteiger partial charge in [-0.3, -0.25) is 0 Å². The lowest BCUT2D eigenvalue weighted by molar-refractivity contribution is 0.383. The van der Waals surface area contributed by atoms with Gasteiger partial charge in [-0.2, -0.15) is 0 Å². The third-order valence-electron chi connectivity index (χ3n) is 3.59. The zero-order valence-electron chi connectivity index (χ0n) is 11.8. The van der Waals surface area contributed by atoms with E-state index >= 15 is 0 Å². The highest BCUT2D eigenvalue weighted by molar-refractivity contribution is 5.18. The Morgan fingerprint density at radius 2 is 1.95 bits per heavy atom. The van der Waals surface area contributed by atoms with Gasteiger partial charge in [0.2, 0.25) is 0 Å². The van der Waals surface area contributed by atoms with Crippen LogP contribution in [0.2, 0.25) is 0 Å². The Bertz CT molecular complexity index is 413. The summed E-state index contributed by atoms with van der Waals surface area (Å²) in [5.74, 6) is -0.391. The lowest BCUT2D eigenvalue weighted by atomic mass is 9.91. The van der Waals surface area contributed by atoms with Crippen molar-refractivity contribution in [3.63, 3.8) is 0 Å². The molecule has 0 aromatic heterocycles. The fourth-order valence-electron chi connectivity index (χ4n) is 2.53. The quantitative estimate of drug-likeness (QED) is 0.789. The molecule has 1 nitrogen and oxygen atoms in total. The van der Waals surface area contributed by atoms with E-state index in [1.54, 1.807) is 6.07 Å². The molecule has 1 aliphatic carbocycles. The maximum Gasteiger partial charge on any atom is 0.159 e. The SMILES string of the molecule is CC(C)CC(CNC1CC1)Cc1ccc(F)c(F)c1.